The third kappa shape index (κ3) is 5.30. The Labute approximate surface area is 136 Å². The molecular formula is C14H21Cl3N2O. The van der Waals surface area contributed by atoms with Crippen LogP contribution < -0.4 is 10.5 Å². The Morgan fingerprint density at radius 3 is 2.85 bits per heavy atom. The number of piperidine rings is 1. The van der Waals surface area contributed by atoms with Crippen molar-refractivity contribution in [2.45, 2.75) is 12.8 Å². The van der Waals surface area contributed by atoms with E-state index in [1.54, 1.807) is 12.1 Å². The van der Waals surface area contributed by atoms with Crippen LogP contribution in [0.1, 0.15) is 12.8 Å². The molecule has 0 bridgehead atoms. The molecule has 1 aliphatic heterocycles. The maximum atomic E-state index is 6.06. The first-order valence-corrected chi connectivity index (χ1v) is 7.45. The van der Waals surface area contributed by atoms with E-state index >= 15 is 0 Å². The van der Waals surface area contributed by atoms with Crippen molar-refractivity contribution in [3.05, 3.63) is 28.2 Å². The number of benzene rings is 1. The van der Waals surface area contributed by atoms with E-state index in [0.717, 1.165) is 26.2 Å². The molecule has 1 atom stereocenters. The molecular weight excluding hydrogens is 319 g/mol. The number of nitrogens with zero attached hydrogens (tertiary/aromatic N) is 1. The molecule has 0 aliphatic carbocycles. The predicted octanol–water partition coefficient (Wildman–Crippen LogP) is 3.46. The molecule has 1 fully saturated rings. The van der Waals surface area contributed by atoms with Crippen LogP contribution >= 0.6 is 35.6 Å². The van der Waals surface area contributed by atoms with Crippen molar-refractivity contribution in [2.75, 3.05) is 32.8 Å². The van der Waals surface area contributed by atoms with Crippen molar-refractivity contribution in [1.82, 2.24) is 4.90 Å². The highest BCUT2D eigenvalue weighted by Crippen LogP contribution is 2.27. The van der Waals surface area contributed by atoms with Gasteiger partial charge in [0.25, 0.3) is 0 Å². The lowest BCUT2D eigenvalue weighted by Crippen LogP contribution is -2.40. The van der Waals surface area contributed by atoms with Crippen LogP contribution in [0.2, 0.25) is 10.0 Å². The van der Waals surface area contributed by atoms with Crippen LogP contribution in [0.15, 0.2) is 18.2 Å². The zero-order valence-corrected chi connectivity index (χ0v) is 13.7. The van der Waals surface area contributed by atoms with E-state index in [4.69, 9.17) is 33.7 Å². The normalized spacial score (nSPS) is 19.4. The highest BCUT2D eigenvalue weighted by Gasteiger charge is 2.18. The molecule has 1 aromatic carbocycles. The zero-order chi connectivity index (χ0) is 13.7. The van der Waals surface area contributed by atoms with Gasteiger partial charge >= 0.3 is 0 Å². The monoisotopic (exact) mass is 338 g/mol. The fourth-order valence-electron chi connectivity index (χ4n) is 2.42. The van der Waals surface area contributed by atoms with Gasteiger partial charge in [-0.2, -0.15) is 0 Å². The topological polar surface area (TPSA) is 38.5 Å². The lowest BCUT2D eigenvalue weighted by molar-refractivity contribution is 0.149. The molecule has 3 nitrogen and oxygen atoms in total. The molecule has 0 amide bonds. The second kappa shape index (κ2) is 8.96. The molecule has 6 heteroatoms. The van der Waals surface area contributed by atoms with Gasteiger partial charge in [-0.25, -0.2) is 0 Å². The van der Waals surface area contributed by atoms with E-state index in [1.165, 1.54) is 12.8 Å². The van der Waals surface area contributed by atoms with E-state index in [9.17, 15) is 0 Å². The average Bonchev–Trinajstić information content (AvgIpc) is 2.41. The number of rotatable bonds is 5. The van der Waals surface area contributed by atoms with Crippen molar-refractivity contribution in [2.24, 2.45) is 11.7 Å². The lowest BCUT2D eigenvalue weighted by atomic mass is 9.98. The number of halogens is 3. The average molecular weight is 340 g/mol. The van der Waals surface area contributed by atoms with E-state index < -0.39 is 0 Å². The van der Waals surface area contributed by atoms with Gasteiger partial charge in [0, 0.05) is 18.1 Å². The number of hydrogen-bond acceptors (Lipinski definition) is 3. The SMILES string of the molecule is Cl.NCC1CCCN(CCOc2ccc(Cl)cc2Cl)C1. The van der Waals surface area contributed by atoms with Crippen LogP contribution in [0.4, 0.5) is 0 Å². The summed E-state index contributed by atoms with van der Waals surface area (Å²) in [5.74, 6) is 1.33. The molecule has 1 saturated heterocycles. The smallest absolute Gasteiger partial charge is 0.138 e. The van der Waals surface area contributed by atoms with Crippen molar-refractivity contribution in [3.8, 4) is 5.75 Å². The highest BCUT2D eigenvalue weighted by atomic mass is 35.5. The summed E-state index contributed by atoms with van der Waals surface area (Å²) in [4.78, 5) is 2.41. The van der Waals surface area contributed by atoms with Gasteiger partial charge in [-0.05, 0) is 50.0 Å². The molecule has 20 heavy (non-hydrogen) atoms. The number of nitrogens with two attached hydrogens (primary N) is 1. The van der Waals surface area contributed by atoms with E-state index in [0.29, 0.717) is 28.3 Å². The van der Waals surface area contributed by atoms with Crippen LogP contribution in [0.3, 0.4) is 0 Å². The van der Waals surface area contributed by atoms with Crippen LogP contribution in [0.5, 0.6) is 5.75 Å². The molecule has 0 saturated carbocycles. The van der Waals surface area contributed by atoms with E-state index in [-0.39, 0.29) is 12.4 Å². The third-order valence-electron chi connectivity index (χ3n) is 3.50. The van der Waals surface area contributed by atoms with Gasteiger partial charge in [-0.3, -0.25) is 4.90 Å². The molecule has 0 aromatic heterocycles. The second-order valence-corrected chi connectivity index (χ2v) is 5.81. The molecule has 2 rings (SSSR count). The third-order valence-corrected chi connectivity index (χ3v) is 4.03. The Morgan fingerprint density at radius 1 is 1.35 bits per heavy atom. The summed E-state index contributed by atoms with van der Waals surface area (Å²) in [5, 5.41) is 1.19. The molecule has 1 aliphatic rings. The summed E-state index contributed by atoms with van der Waals surface area (Å²) in [7, 11) is 0. The highest BCUT2D eigenvalue weighted by molar-refractivity contribution is 6.35. The quantitative estimate of drug-likeness (QED) is 0.893. The van der Waals surface area contributed by atoms with Gasteiger partial charge in [0.2, 0.25) is 0 Å². The standard InChI is InChI=1S/C14H20Cl2N2O.ClH/c15-12-3-4-14(13(16)8-12)19-7-6-18-5-1-2-11(9-17)10-18;/h3-4,8,11H,1-2,5-7,9-10,17H2;1H. The van der Waals surface area contributed by atoms with Gasteiger partial charge in [0.05, 0.1) is 5.02 Å². The second-order valence-electron chi connectivity index (χ2n) is 4.97. The fourth-order valence-corrected chi connectivity index (χ4v) is 2.89. The molecule has 0 spiro atoms. The molecule has 2 N–H and O–H groups in total. The summed E-state index contributed by atoms with van der Waals surface area (Å²) in [6.45, 7) is 4.54. The number of hydrogen-bond donors (Lipinski definition) is 1. The lowest BCUT2D eigenvalue weighted by Gasteiger charge is -2.31. The minimum absolute atomic E-state index is 0. The van der Waals surface area contributed by atoms with Crippen molar-refractivity contribution in [3.63, 3.8) is 0 Å². The Bertz CT molecular complexity index is 417. The summed E-state index contributed by atoms with van der Waals surface area (Å²) < 4.78 is 5.70. The Hall–Kier alpha value is -0.190. The maximum absolute atomic E-state index is 6.06. The minimum atomic E-state index is 0. The Morgan fingerprint density at radius 2 is 2.15 bits per heavy atom. The summed E-state index contributed by atoms with van der Waals surface area (Å²) >= 11 is 11.9. The van der Waals surface area contributed by atoms with Crippen molar-refractivity contribution in [1.29, 1.82) is 0 Å². The maximum Gasteiger partial charge on any atom is 0.138 e. The molecule has 1 heterocycles. The summed E-state index contributed by atoms with van der Waals surface area (Å²) in [6.07, 6.45) is 2.47. The molecule has 114 valence electrons. The van der Waals surface area contributed by atoms with E-state index in [2.05, 4.69) is 4.90 Å². The Kier molecular flexibility index (Phi) is 8.00. The first kappa shape index (κ1) is 17.9. The van der Waals surface area contributed by atoms with Crippen LogP contribution in [0, 0.1) is 5.92 Å². The summed E-state index contributed by atoms with van der Waals surface area (Å²) in [6, 6.07) is 5.29. The summed E-state index contributed by atoms with van der Waals surface area (Å²) in [5.41, 5.74) is 5.73. The van der Waals surface area contributed by atoms with Gasteiger partial charge in [-0.15, -0.1) is 12.4 Å². The number of ether oxygens (including phenoxy) is 1. The zero-order valence-electron chi connectivity index (χ0n) is 11.4. The number of likely N-dealkylation sites (tertiary alicyclic amines) is 1. The molecule has 1 aromatic rings. The minimum Gasteiger partial charge on any atom is -0.491 e. The molecule has 1 unspecified atom stereocenters. The van der Waals surface area contributed by atoms with Gasteiger partial charge in [0.1, 0.15) is 12.4 Å². The van der Waals surface area contributed by atoms with Crippen molar-refractivity contribution < 1.29 is 4.74 Å². The van der Waals surface area contributed by atoms with Gasteiger partial charge in [-0.1, -0.05) is 23.2 Å². The van der Waals surface area contributed by atoms with E-state index in [1.807, 2.05) is 6.07 Å². The van der Waals surface area contributed by atoms with Crippen LogP contribution in [-0.4, -0.2) is 37.7 Å². The largest absolute Gasteiger partial charge is 0.491 e. The van der Waals surface area contributed by atoms with Crippen molar-refractivity contribution >= 4 is 35.6 Å². The Balaban J connectivity index is 0.00000200. The molecule has 0 radical (unpaired) electrons. The predicted molar refractivity (Wildman–Crippen MR) is 87.4 cm³/mol. The first-order valence-electron chi connectivity index (χ1n) is 6.69. The van der Waals surface area contributed by atoms with Crippen LogP contribution in [-0.2, 0) is 0 Å². The fraction of sp³-hybridized carbons (Fsp3) is 0.571. The van der Waals surface area contributed by atoms with Crippen LogP contribution in [0.25, 0.3) is 0 Å². The van der Waals surface area contributed by atoms with Gasteiger partial charge < -0.3 is 10.5 Å². The van der Waals surface area contributed by atoms with Gasteiger partial charge in [0.15, 0.2) is 0 Å². The first-order chi connectivity index (χ1) is 9.19.